The van der Waals surface area contributed by atoms with E-state index in [1.54, 1.807) is 19.9 Å². The van der Waals surface area contributed by atoms with Crippen LogP contribution in [-0.2, 0) is 6.54 Å². The molecule has 0 unspecified atom stereocenters. The fraction of sp³-hybridized carbons (Fsp3) is 0.250. The third-order valence-corrected chi connectivity index (χ3v) is 3.36. The first-order valence-electron chi connectivity index (χ1n) is 6.77. The summed E-state index contributed by atoms with van der Waals surface area (Å²) in [4.78, 5) is 30.8. The van der Waals surface area contributed by atoms with Gasteiger partial charge in [0.15, 0.2) is 0 Å². The first-order valence-corrected chi connectivity index (χ1v) is 6.77. The lowest BCUT2D eigenvalue weighted by Crippen LogP contribution is -2.28. The molecule has 2 rings (SSSR count). The molecule has 0 saturated heterocycles. The Morgan fingerprint density at radius 2 is 2.09 bits per heavy atom. The molecule has 0 saturated carbocycles. The topological polar surface area (TPSA) is 98.6 Å². The van der Waals surface area contributed by atoms with Gasteiger partial charge in [-0.15, -0.1) is 0 Å². The third kappa shape index (κ3) is 3.20. The maximum absolute atomic E-state index is 12.1. The van der Waals surface area contributed by atoms with Gasteiger partial charge in [0.05, 0.1) is 11.3 Å². The fourth-order valence-corrected chi connectivity index (χ4v) is 2.17. The number of nitrogens with zero attached hydrogens (tertiary/aromatic N) is 2. The zero-order valence-corrected chi connectivity index (χ0v) is 12.7. The normalized spacial score (nSPS) is 10.1. The molecule has 0 atom stereocenters. The summed E-state index contributed by atoms with van der Waals surface area (Å²) in [5, 5.41) is 11.5. The van der Waals surface area contributed by atoms with Gasteiger partial charge in [0.2, 0.25) is 0 Å². The van der Waals surface area contributed by atoms with Crippen molar-refractivity contribution in [2.24, 2.45) is 0 Å². The Bertz CT molecular complexity index is 831. The van der Waals surface area contributed by atoms with Crippen molar-refractivity contribution >= 4 is 5.91 Å². The number of nitrogens with one attached hydrogen (secondary N) is 2. The van der Waals surface area contributed by atoms with Crippen LogP contribution < -0.4 is 10.9 Å². The SMILES string of the molecule is Cc1cc(C)c(CNC(=O)c2ccc(C#N)c(C)n2)c(=O)[nH]1. The van der Waals surface area contributed by atoms with E-state index < -0.39 is 0 Å². The Labute approximate surface area is 127 Å². The number of aromatic nitrogens is 2. The molecule has 0 bridgehead atoms. The maximum atomic E-state index is 12.1. The number of rotatable bonds is 3. The van der Waals surface area contributed by atoms with E-state index in [-0.39, 0.29) is 23.7 Å². The number of H-pyrrole nitrogens is 1. The smallest absolute Gasteiger partial charge is 0.270 e. The van der Waals surface area contributed by atoms with Gasteiger partial charge in [-0.05, 0) is 44.5 Å². The predicted molar refractivity (Wildman–Crippen MR) is 81.4 cm³/mol. The van der Waals surface area contributed by atoms with Crippen LogP contribution in [0.15, 0.2) is 23.0 Å². The average molecular weight is 296 g/mol. The summed E-state index contributed by atoms with van der Waals surface area (Å²) < 4.78 is 0. The molecule has 0 aromatic carbocycles. The minimum Gasteiger partial charge on any atom is -0.346 e. The van der Waals surface area contributed by atoms with E-state index in [1.165, 1.54) is 6.07 Å². The molecule has 0 radical (unpaired) electrons. The van der Waals surface area contributed by atoms with Gasteiger partial charge in [0.1, 0.15) is 11.8 Å². The van der Waals surface area contributed by atoms with E-state index in [4.69, 9.17) is 5.26 Å². The molecule has 0 fully saturated rings. The van der Waals surface area contributed by atoms with Crippen molar-refractivity contribution in [3.8, 4) is 6.07 Å². The fourth-order valence-electron chi connectivity index (χ4n) is 2.17. The second kappa shape index (κ2) is 6.22. The van der Waals surface area contributed by atoms with E-state index in [2.05, 4.69) is 15.3 Å². The molecule has 0 aliphatic carbocycles. The quantitative estimate of drug-likeness (QED) is 0.896. The van der Waals surface area contributed by atoms with Gasteiger partial charge in [-0.3, -0.25) is 9.59 Å². The van der Waals surface area contributed by atoms with Gasteiger partial charge in [-0.2, -0.15) is 5.26 Å². The maximum Gasteiger partial charge on any atom is 0.270 e. The molecular formula is C16H16N4O2. The van der Waals surface area contributed by atoms with Crippen LogP contribution in [0.5, 0.6) is 0 Å². The minimum absolute atomic E-state index is 0.126. The molecule has 0 spiro atoms. The number of hydrogen-bond acceptors (Lipinski definition) is 4. The number of nitriles is 1. The van der Waals surface area contributed by atoms with Gasteiger partial charge in [-0.1, -0.05) is 0 Å². The zero-order valence-electron chi connectivity index (χ0n) is 12.7. The zero-order chi connectivity index (χ0) is 16.3. The van der Waals surface area contributed by atoms with Crippen LogP contribution in [0.2, 0.25) is 0 Å². The Balaban J connectivity index is 2.16. The molecule has 2 aromatic heterocycles. The number of carbonyl (C=O) groups is 1. The van der Waals surface area contributed by atoms with E-state index >= 15 is 0 Å². The Hall–Kier alpha value is -2.94. The molecule has 22 heavy (non-hydrogen) atoms. The number of aromatic amines is 1. The molecule has 2 N–H and O–H groups in total. The molecule has 6 heteroatoms. The highest BCUT2D eigenvalue weighted by Crippen LogP contribution is 2.07. The van der Waals surface area contributed by atoms with Crippen LogP contribution in [-0.4, -0.2) is 15.9 Å². The van der Waals surface area contributed by atoms with Crippen LogP contribution in [0.4, 0.5) is 0 Å². The molecular weight excluding hydrogens is 280 g/mol. The molecule has 0 aliphatic rings. The summed E-state index contributed by atoms with van der Waals surface area (Å²) in [6.45, 7) is 5.43. The van der Waals surface area contributed by atoms with Crippen LogP contribution in [0.3, 0.4) is 0 Å². The van der Waals surface area contributed by atoms with Gasteiger partial charge >= 0.3 is 0 Å². The molecule has 2 heterocycles. The summed E-state index contributed by atoms with van der Waals surface area (Å²) in [6, 6.07) is 6.90. The number of hydrogen-bond donors (Lipinski definition) is 2. The monoisotopic (exact) mass is 296 g/mol. The van der Waals surface area contributed by atoms with Crippen molar-refractivity contribution in [3.05, 3.63) is 62.3 Å². The summed E-state index contributed by atoms with van der Waals surface area (Å²) in [5.41, 5.74) is 3.07. The average Bonchev–Trinajstić information content (AvgIpc) is 2.45. The van der Waals surface area contributed by atoms with E-state index in [0.29, 0.717) is 16.8 Å². The van der Waals surface area contributed by atoms with Gasteiger partial charge < -0.3 is 10.3 Å². The second-order valence-electron chi connectivity index (χ2n) is 5.07. The van der Waals surface area contributed by atoms with Crippen molar-refractivity contribution in [2.45, 2.75) is 27.3 Å². The lowest BCUT2D eigenvalue weighted by molar-refractivity contribution is 0.0945. The second-order valence-corrected chi connectivity index (χ2v) is 5.07. The highest BCUT2D eigenvalue weighted by molar-refractivity contribution is 5.92. The summed E-state index contributed by atoms with van der Waals surface area (Å²) in [7, 11) is 0. The third-order valence-electron chi connectivity index (χ3n) is 3.36. The van der Waals surface area contributed by atoms with E-state index in [9.17, 15) is 9.59 Å². The Morgan fingerprint density at radius 3 is 2.68 bits per heavy atom. The van der Waals surface area contributed by atoms with Gasteiger partial charge in [0.25, 0.3) is 11.5 Å². The Morgan fingerprint density at radius 1 is 1.36 bits per heavy atom. The molecule has 112 valence electrons. The van der Waals surface area contributed by atoms with Crippen LogP contribution in [0, 0.1) is 32.1 Å². The van der Waals surface area contributed by atoms with Gasteiger partial charge in [-0.25, -0.2) is 4.98 Å². The Kier molecular flexibility index (Phi) is 4.37. The number of amides is 1. The van der Waals surface area contributed by atoms with Crippen molar-refractivity contribution < 1.29 is 4.79 Å². The van der Waals surface area contributed by atoms with Gasteiger partial charge in [0, 0.05) is 17.8 Å². The highest BCUT2D eigenvalue weighted by atomic mass is 16.2. The first kappa shape index (κ1) is 15.4. The number of pyridine rings is 2. The molecule has 1 amide bonds. The largest absolute Gasteiger partial charge is 0.346 e. The van der Waals surface area contributed by atoms with Crippen molar-refractivity contribution in [1.29, 1.82) is 5.26 Å². The van der Waals surface area contributed by atoms with Crippen LogP contribution in [0.1, 0.15) is 38.6 Å². The lowest BCUT2D eigenvalue weighted by Gasteiger charge is -2.08. The number of carbonyl (C=O) groups excluding carboxylic acids is 1. The molecule has 0 aliphatic heterocycles. The summed E-state index contributed by atoms with van der Waals surface area (Å²) in [5.74, 6) is -0.382. The van der Waals surface area contributed by atoms with Crippen LogP contribution >= 0.6 is 0 Å². The van der Waals surface area contributed by atoms with E-state index in [1.807, 2.05) is 19.1 Å². The van der Waals surface area contributed by atoms with Crippen LogP contribution in [0.25, 0.3) is 0 Å². The van der Waals surface area contributed by atoms with Crippen molar-refractivity contribution in [3.63, 3.8) is 0 Å². The minimum atomic E-state index is -0.382. The highest BCUT2D eigenvalue weighted by Gasteiger charge is 2.11. The first-order chi connectivity index (χ1) is 10.4. The lowest BCUT2D eigenvalue weighted by atomic mass is 10.1. The standard InChI is InChI=1S/C16H16N4O2/c1-9-6-10(2)19-15(21)13(9)8-18-16(22)14-5-4-12(7-17)11(3)20-14/h4-6H,8H2,1-3H3,(H,18,22)(H,19,21). The number of aryl methyl sites for hydroxylation is 3. The molecule has 6 nitrogen and oxygen atoms in total. The van der Waals surface area contributed by atoms with Crippen molar-refractivity contribution in [1.82, 2.24) is 15.3 Å². The molecule has 2 aromatic rings. The van der Waals surface area contributed by atoms with E-state index in [0.717, 1.165) is 11.3 Å². The summed E-state index contributed by atoms with van der Waals surface area (Å²) in [6.07, 6.45) is 0. The summed E-state index contributed by atoms with van der Waals surface area (Å²) >= 11 is 0. The predicted octanol–water partition coefficient (Wildman–Crippen LogP) is 1.50. The van der Waals surface area contributed by atoms with Crippen molar-refractivity contribution in [2.75, 3.05) is 0 Å².